The summed E-state index contributed by atoms with van der Waals surface area (Å²) < 4.78 is 41.0. The molecule has 0 saturated carbocycles. The highest BCUT2D eigenvalue weighted by Crippen LogP contribution is 2.24. The van der Waals surface area contributed by atoms with E-state index in [0.717, 1.165) is 17.6 Å². The first-order valence-corrected chi connectivity index (χ1v) is 11.5. The van der Waals surface area contributed by atoms with Crippen LogP contribution in [0.2, 0.25) is 0 Å². The molecule has 0 fully saturated rings. The van der Waals surface area contributed by atoms with Crippen LogP contribution >= 0.6 is 0 Å². The zero-order valence-corrected chi connectivity index (χ0v) is 18.7. The molecule has 0 bridgehead atoms. The first-order valence-electron chi connectivity index (χ1n) is 10.0. The molecule has 170 valence electrons. The Morgan fingerprint density at radius 1 is 1.03 bits per heavy atom. The van der Waals surface area contributed by atoms with E-state index in [9.17, 15) is 12.8 Å². The van der Waals surface area contributed by atoms with Crippen molar-refractivity contribution < 1.29 is 12.8 Å². The number of benzene rings is 2. The Labute approximate surface area is 190 Å². The molecule has 11 heteroatoms. The third kappa shape index (κ3) is 5.33. The lowest BCUT2D eigenvalue weighted by atomic mass is 10.1. The molecular weight excluding hydrogens is 445 g/mol. The number of halogens is 1. The monoisotopic (exact) mass is 467 g/mol. The van der Waals surface area contributed by atoms with Crippen LogP contribution in [-0.4, -0.2) is 35.4 Å². The minimum Gasteiger partial charge on any atom is -0.348 e. The zero-order chi connectivity index (χ0) is 23.4. The highest BCUT2D eigenvalue weighted by Gasteiger charge is 2.16. The summed E-state index contributed by atoms with van der Waals surface area (Å²) in [5, 5.41) is 5.87. The van der Waals surface area contributed by atoms with Crippen LogP contribution in [0.1, 0.15) is 17.0 Å². The summed E-state index contributed by atoms with van der Waals surface area (Å²) >= 11 is 0. The van der Waals surface area contributed by atoms with Gasteiger partial charge in [0.1, 0.15) is 5.82 Å². The van der Waals surface area contributed by atoms with E-state index in [1.54, 1.807) is 31.5 Å². The van der Waals surface area contributed by atoms with Crippen LogP contribution in [0, 0.1) is 12.7 Å². The molecule has 2 aromatic carbocycles. The largest absolute Gasteiger partial charge is 0.348 e. The number of rotatable bonds is 8. The Bertz CT molecular complexity index is 1360. The van der Waals surface area contributed by atoms with Crippen molar-refractivity contribution in [2.45, 2.75) is 18.2 Å². The summed E-state index contributed by atoms with van der Waals surface area (Å²) in [4.78, 5) is 15.5. The third-order valence-corrected chi connectivity index (χ3v) is 6.45. The molecule has 0 atom stereocenters. The predicted molar refractivity (Wildman–Crippen MR) is 124 cm³/mol. The summed E-state index contributed by atoms with van der Waals surface area (Å²) in [7, 11) is -2.28. The molecule has 2 aromatic heterocycles. The van der Waals surface area contributed by atoms with Crippen LogP contribution in [0.5, 0.6) is 0 Å². The van der Waals surface area contributed by atoms with E-state index in [1.807, 2.05) is 24.3 Å². The Balaban J connectivity index is 1.51. The molecule has 4 aromatic rings. The third-order valence-electron chi connectivity index (χ3n) is 4.89. The summed E-state index contributed by atoms with van der Waals surface area (Å²) in [6.45, 7) is 1.70. The van der Waals surface area contributed by atoms with Gasteiger partial charge in [0.2, 0.25) is 16.0 Å². The van der Waals surface area contributed by atoms with E-state index >= 15 is 0 Å². The topological polar surface area (TPSA) is 125 Å². The summed E-state index contributed by atoms with van der Waals surface area (Å²) in [6.07, 6.45) is 5.17. The number of aromatic nitrogens is 4. The maximum absolute atomic E-state index is 14.3. The van der Waals surface area contributed by atoms with Crippen molar-refractivity contribution in [2.75, 3.05) is 17.7 Å². The van der Waals surface area contributed by atoms with Gasteiger partial charge in [0.15, 0.2) is 11.6 Å². The number of hydrogen-bond acceptors (Lipinski definition) is 7. The summed E-state index contributed by atoms with van der Waals surface area (Å²) in [5.41, 5.74) is 2.74. The van der Waals surface area contributed by atoms with Gasteiger partial charge in [-0.25, -0.2) is 27.5 Å². The molecule has 0 aliphatic carbocycles. The first-order chi connectivity index (χ1) is 15.8. The number of aryl methyl sites for hydroxylation is 1. The van der Waals surface area contributed by atoms with Crippen LogP contribution in [0.15, 0.2) is 66.0 Å². The van der Waals surface area contributed by atoms with Crippen molar-refractivity contribution in [1.29, 1.82) is 0 Å². The number of aromatic amines is 1. The van der Waals surface area contributed by atoms with Crippen molar-refractivity contribution in [1.82, 2.24) is 24.7 Å². The lowest BCUT2D eigenvalue weighted by Crippen LogP contribution is -2.19. The van der Waals surface area contributed by atoms with E-state index in [-0.39, 0.29) is 16.7 Å². The number of imidazole rings is 1. The van der Waals surface area contributed by atoms with Crippen molar-refractivity contribution in [3.05, 3.63) is 83.8 Å². The molecule has 0 aliphatic rings. The molecule has 0 aliphatic heterocycles. The van der Waals surface area contributed by atoms with Gasteiger partial charge < -0.3 is 15.6 Å². The number of H-pyrrole nitrogens is 1. The van der Waals surface area contributed by atoms with Crippen LogP contribution in [0.4, 0.5) is 27.5 Å². The van der Waals surface area contributed by atoms with Crippen molar-refractivity contribution >= 4 is 33.2 Å². The lowest BCUT2D eigenvalue weighted by Gasteiger charge is -2.12. The molecule has 0 unspecified atom stereocenters. The Morgan fingerprint density at radius 2 is 1.79 bits per heavy atom. The second-order valence-corrected chi connectivity index (χ2v) is 9.09. The van der Waals surface area contributed by atoms with Crippen molar-refractivity contribution in [2.24, 2.45) is 0 Å². The molecule has 0 radical (unpaired) electrons. The van der Waals surface area contributed by atoms with Crippen LogP contribution < -0.4 is 15.4 Å². The van der Waals surface area contributed by atoms with Gasteiger partial charge in [0.05, 0.1) is 11.1 Å². The highest BCUT2D eigenvalue weighted by atomic mass is 32.2. The fourth-order valence-corrected chi connectivity index (χ4v) is 4.15. The lowest BCUT2D eigenvalue weighted by molar-refractivity contribution is 0.587. The Kier molecular flexibility index (Phi) is 6.33. The van der Waals surface area contributed by atoms with Crippen LogP contribution in [0.3, 0.4) is 0 Å². The molecule has 0 saturated heterocycles. The van der Waals surface area contributed by atoms with E-state index < -0.39 is 15.8 Å². The van der Waals surface area contributed by atoms with Gasteiger partial charge in [-0.3, -0.25) is 0 Å². The Morgan fingerprint density at radius 3 is 2.48 bits per heavy atom. The molecule has 9 nitrogen and oxygen atoms in total. The first kappa shape index (κ1) is 22.4. The minimum atomic E-state index is -3.63. The maximum atomic E-state index is 14.3. The number of sulfonamides is 1. The summed E-state index contributed by atoms with van der Waals surface area (Å²) in [6, 6.07) is 12.3. The number of hydrogen-bond donors (Lipinski definition) is 4. The quantitative estimate of drug-likeness (QED) is 0.312. The second kappa shape index (κ2) is 9.35. The predicted octanol–water partition coefficient (Wildman–Crippen LogP) is 3.63. The highest BCUT2D eigenvalue weighted by molar-refractivity contribution is 7.89. The van der Waals surface area contributed by atoms with E-state index in [1.165, 1.54) is 13.1 Å². The average Bonchev–Trinajstić information content (AvgIpc) is 3.31. The fourth-order valence-electron chi connectivity index (χ4n) is 3.15. The smallest absolute Gasteiger partial charge is 0.240 e. The van der Waals surface area contributed by atoms with Crippen LogP contribution in [-0.2, 0) is 16.4 Å². The molecule has 0 amide bonds. The van der Waals surface area contributed by atoms with Gasteiger partial charge in [0.25, 0.3) is 0 Å². The van der Waals surface area contributed by atoms with Gasteiger partial charge in [-0.2, -0.15) is 4.98 Å². The number of nitrogens with zero attached hydrogens (tertiary/aromatic N) is 3. The standard InChI is InChI=1S/C22H22FN7O2S/c1-14-3-6-17(12-19(14)33(31,32)24-2)29-22-27-13-18(23)21(30-22)28-16-7-4-15(5-8-16)11-20-25-9-10-26-20/h3-10,12-13,24H,11H2,1-2H3,(H,25,26)(H2,27,28,29,30). The molecule has 4 N–H and O–H groups in total. The van der Waals surface area contributed by atoms with Gasteiger partial charge in [-0.05, 0) is 49.4 Å². The second-order valence-electron chi connectivity index (χ2n) is 7.24. The zero-order valence-electron chi connectivity index (χ0n) is 17.9. The normalized spacial score (nSPS) is 11.4. The molecule has 33 heavy (non-hydrogen) atoms. The average molecular weight is 468 g/mol. The van der Waals surface area contributed by atoms with Crippen molar-refractivity contribution in [3.8, 4) is 0 Å². The fraction of sp³-hybridized carbons (Fsp3) is 0.136. The number of anilines is 4. The molecular formula is C22H22FN7O2S. The van der Waals surface area contributed by atoms with Gasteiger partial charge in [-0.15, -0.1) is 0 Å². The molecule has 4 rings (SSSR count). The number of nitrogens with one attached hydrogen (secondary N) is 4. The maximum Gasteiger partial charge on any atom is 0.240 e. The van der Waals surface area contributed by atoms with E-state index in [4.69, 9.17) is 0 Å². The SMILES string of the molecule is CNS(=O)(=O)c1cc(Nc2ncc(F)c(Nc3ccc(Cc4ncc[nH]4)cc3)n2)ccc1C. The van der Waals surface area contributed by atoms with Gasteiger partial charge in [0, 0.05) is 30.2 Å². The summed E-state index contributed by atoms with van der Waals surface area (Å²) in [5.74, 6) is 0.337. The molecule has 0 spiro atoms. The Hall–Kier alpha value is -3.83. The molecule has 2 heterocycles. The van der Waals surface area contributed by atoms with Gasteiger partial charge >= 0.3 is 0 Å². The van der Waals surface area contributed by atoms with Crippen molar-refractivity contribution in [3.63, 3.8) is 0 Å². The minimum absolute atomic E-state index is 0.0125. The van der Waals surface area contributed by atoms with E-state index in [0.29, 0.717) is 23.4 Å². The van der Waals surface area contributed by atoms with E-state index in [2.05, 4.69) is 35.3 Å². The van der Waals surface area contributed by atoms with Crippen LogP contribution in [0.25, 0.3) is 0 Å². The van der Waals surface area contributed by atoms with Gasteiger partial charge in [-0.1, -0.05) is 18.2 Å².